The molecule has 4 unspecified atom stereocenters. The number of aliphatic hydroxyl groups is 1. The third kappa shape index (κ3) is 2.74. The zero-order valence-corrected chi connectivity index (χ0v) is 11.5. The highest BCUT2D eigenvalue weighted by Gasteiger charge is 2.31. The summed E-state index contributed by atoms with van der Waals surface area (Å²) in [5, 5.41) is 10.4. The van der Waals surface area contributed by atoms with Gasteiger partial charge in [0.25, 0.3) is 0 Å². The lowest BCUT2D eigenvalue weighted by atomic mass is 9.73. The van der Waals surface area contributed by atoms with Gasteiger partial charge >= 0.3 is 0 Å². The van der Waals surface area contributed by atoms with Crippen molar-refractivity contribution in [1.29, 1.82) is 0 Å². The number of benzene rings is 1. The molecule has 1 fully saturated rings. The van der Waals surface area contributed by atoms with Crippen LogP contribution in [0.15, 0.2) is 18.2 Å². The van der Waals surface area contributed by atoms with Crippen molar-refractivity contribution >= 4 is 0 Å². The van der Waals surface area contributed by atoms with Gasteiger partial charge in [0.2, 0.25) is 0 Å². The summed E-state index contributed by atoms with van der Waals surface area (Å²) in [5.41, 5.74) is 1.36. The van der Waals surface area contributed by atoms with Crippen LogP contribution in [0, 0.1) is 30.5 Å². The van der Waals surface area contributed by atoms with Gasteiger partial charge in [-0.2, -0.15) is 0 Å². The Labute approximate surface area is 109 Å². The highest BCUT2D eigenvalue weighted by molar-refractivity contribution is 5.25. The molecule has 1 N–H and O–H groups in total. The second-order valence-electron chi connectivity index (χ2n) is 6.00. The van der Waals surface area contributed by atoms with E-state index in [1.54, 1.807) is 6.07 Å². The summed E-state index contributed by atoms with van der Waals surface area (Å²) >= 11 is 0. The van der Waals surface area contributed by atoms with Gasteiger partial charge in [0.15, 0.2) is 0 Å². The second-order valence-corrected chi connectivity index (χ2v) is 6.00. The van der Waals surface area contributed by atoms with E-state index < -0.39 is 6.10 Å². The van der Waals surface area contributed by atoms with Crippen molar-refractivity contribution in [2.75, 3.05) is 0 Å². The van der Waals surface area contributed by atoms with E-state index in [2.05, 4.69) is 13.8 Å². The summed E-state index contributed by atoms with van der Waals surface area (Å²) in [4.78, 5) is 0. The SMILES string of the molecule is Cc1ccc(C(O)C2CCC(C)C(C)C2)c(F)c1. The van der Waals surface area contributed by atoms with Crippen LogP contribution in [0.1, 0.15) is 50.3 Å². The molecular formula is C16H23FO. The number of hydrogen-bond donors (Lipinski definition) is 1. The van der Waals surface area contributed by atoms with E-state index in [4.69, 9.17) is 0 Å². The zero-order valence-electron chi connectivity index (χ0n) is 11.5. The predicted octanol–water partition coefficient (Wildman–Crippen LogP) is 4.24. The van der Waals surface area contributed by atoms with Crippen molar-refractivity contribution in [3.8, 4) is 0 Å². The fraction of sp³-hybridized carbons (Fsp3) is 0.625. The number of aryl methyl sites for hydroxylation is 1. The van der Waals surface area contributed by atoms with Gasteiger partial charge in [-0.3, -0.25) is 0 Å². The molecule has 2 heteroatoms. The molecule has 0 bridgehead atoms. The number of aliphatic hydroxyl groups excluding tert-OH is 1. The van der Waals surface area contributed by atoms with Gasteiger partial charge in [0.05, 0.1) is 6.10 Å². The van der Waals surface area contributed by atoms with Gasteiger partial charge in [0, 0.05) is 5.56 Å². The quantitative estimate of drug-likeness (QED) is 0.832. The first-order valence-corrected chi connectivity index (χ1v) is 6.93. The van der Waals surface area contributed by atoms with Crippen LogP contribution in [0.3, 0.4) is 0 Å². The van der Waals surface area contributed by atoms with Crippen LogP contribution in [0.25, 0.3) is 0 Å². The Bertz CT molecular complexity index is 416. The summed E-state index contributed by atoms with van der Waals surface area (Å²) in [6, 6.07) is 5.11. The first kappa shape index (κ1) is 13.5. The molecule has 100 valence electrons. The molecule has 0 aliphatic heterocycles. The van der Waals surface area contributed by atoms with Crippen molar-refractivity contribution in [1.82, 2.24) is 0 Å². The molecule has 0 radical (unpaired) electrons. The Hall–Kier alpha value is -0.890. The lowest BCUT2D eigenvalue weighted by molar-refractivity contribution is 0.0536. The molecular weight excluding hydrogens is 227 g/mol. The molecule has 1 aliphatic carbocycles. The van der Waals surface area contributed by atoms with Gasteiger partial charge < -0.3 is 5.11 Å². The van der Waals surface area contributed by atoms with E-state index in [0.29, 0.717) is 11.5 Å². The monoisotopic (exact) mass is 250 g/mol. The summed E-state index contributed by atoms with van der Waals surface area (Å²) in [6.07, 6.45) is 2.48. The topological polar surface area (TPSA) is 20.2 Å². The van der Waals surface area contributed by atoms with Crippen LogP contribution in [0.5, 0.6) is 0 Å². The smallest absolute Gasteiger partial charge is 0.129 e. The van der Waals surface area contributed by atoms with E-state index in [1.807, 2.05) is 13.0 Å². The standard InChI is InChI=1S/C16H23FO/c1-10-4-7-14(15(17)8-10)16(18)13-6-5-11(2)12(3)9-13/h4,7-8,11-13,16,18H,5-6,9H2,1-3H3. The van der Waals surface area contributed by atoms with E-state index in [9.17, 15) is 9.50 Å². The van der Waals surface area contributed by atoms with Crippen molar-refractivity contribution < 1.29 is 9.50 Å². The Morgan fingerprint density at radius 1 is 1.22 bits per heavy atom. The first-order chi connectivity index (χ1) is 8.49. The van der Waals surface area contributed by atoms with Crippen LogP contribution in [0.2, 0.25) is 0 Å². The fourth-order valence-electron chi connectivity index (χ4n) is 3.00. The van der Waals surface area contributed by atoms with Crippen LogP contribution in [-0.4, -0.2) is 5.11 Å². The summed E-state index contributed by atoms with van der Waals surface area (Å²) in [5.74, 6) is 1.27. The Kier molecular flexibility index (Phi) is 4.06. The highest BCUT2D eigenvalue weighted by atomic mass is 19.1. The minimum absolute atomic E-state index is 0.202. The maximum absolute atomic E-state index is 13.9. The molecule has 2 rings (SSSR count). The molecule has 0 saturated heterocycles. The van der Waals surface area contributed by atoms with Crippen LogP contribution < -0.4 is 0 Å². The van der Waals surface area contributed by atoms with Gasteiger partial charge in [-0.15, -0.1) is 0 Å². The van der Waals surface area contributed by atoms with E-state index in [-0.39, 0.29) is 11.7 Å². The third-order valence-corrected chi connectivity index (χ3v) is 4.56. The minimum Gasteiger partial charge on any atom is -0.388 e. The molecule has 1 nitrogen and oxygen atoms in total. The molecule has 1 aromatic rings. The van der Waals surface area contributed by atoms with E-state index in [1.165, 1.54) is 6.07 Å². The number of hydrogen-bond acceptors (Lipinski definition) is 1. The average molecular weight is 250 g/mol. The molecule has 0 heterocycles. The Morgan fingerprint density at radius 2 is 1.94 bits per heavy atom. The van der Waals surface area contributed by atoms with Crippen molar-refractivity contribution in [3.63, 3.8) is 0 Å². The number of rotatable bonds is 2. The Balaban J connectivity index is 2.13. The second kappa shape index (κ2) is 5.40. The molecule has 1 aliphatic rings. The van der Waals surface area contributed by atoms with E-state index in [0.717, 1.165) is 30.7 Å². The van der Waals surface area contributed by atoms with E-state index >= 15 is 0 Å². The molecule has 0 spiro atoms. The highest BCUT2D eigenvalue weighted by Crippen LogP contribution is 2.40. The van der Waals surface area contributed by atoms with Gasteiger partial charge in [-0.25, -0.2) is 4.39 Å². The summed E-state index contributed by atoms with van der Waals surface area (Å²) in [6.45, 7) is 6.36. The van der Waals surface area contributed by atoms with Gasteiger partial charge in [0.1, 0.15) is 5.82 Å². The Morgan fingerprint density at radius 3 is 2.56 bits per heavy atom. The van der Waals surface area contributed by atoms with Gasteiger partial charge in [-0.05, 0) is 49.1 Å². The lowest BCUT2D eigenvalue weighted by Crippen LogP contribution is -2.25. The molecule has 0 amide bonds. The first-order valence-electron chi connectivity index (χ1n) is 6.93. The summed E-state index contributed by atoms with van der Waals surface area (Å²) in [7, 11) is 0. The predicted molar refractivity (Wildman–Crippen MR) is 71.8 cm³/mol. The van der Waals surface area contributed by atoms with Gasteiger partial charge in [-0.1, -0.05) is 32.4 Å². The molecule has 0 aromatic heterocycles. The molecule has 1 aromatic carbocycles. The van der Waals surface area contributed by atoms with Crippen molar-refractivity contribution in [2.45, 2.75) is 46.1 Å². The van der Waals surface area contributed by atoms with Crippen molar-refractivity contribution in [2.24, 2.45) is 17.8 Å². The van der Waals surface area contributed by atoms with Crippen LogP contribution in [-0.2, 0) is 0 Å². The maximum atomic E-state index is 13.9. The molecule has 4 atom stereocenters. The normalized spacial score (nSPS) is 30.2. The molecule has 1 saturated carbocycles. The van der Waals surface area contributed by atoms with Crippen molar-refractivity contribution in [3.05, 3.63) is 35.1 Å². The minimum atomic E-state index is -0.652. The van der Waals surface area contributed by atoms with Crippen LogP contribution >= 0.6 is 0 Å². The average Bonchev–Trinajstić information content (AvgIpc) is 2.32. The van der Waals surface area contributed by atoms with Crippen LogP contribution in [0.4, 0.5) is 4.39 Å². The fourth-order valence-corrected chi connectivity index (χ4v) is 3.00. The number of halogens is 1. The largest absolute Gasteiger partial charge is 0.388 e. The molecule has 18 heavy (non-hydrogen) atoms. The third-order valence-electron chi connectivity index (χ3n) is 4.56. The lowest BCUT2D eigenvalue weighted by Gasteiger charge is -2.34. The summed E-state index contributed by atoms with van der Waals surface area (Å²) < 4.78 is 13.9. The zero-order chi connectivity index (χ0) is 13.3. The maximum Gasteiger partial charge on any atom is 0.129 e.